The zero-order valence-electron chi connectivity index (χ0n) is 13.2. The van der Waals surface area contributed by atoms with Gasteiger partial charge in [0, 0.05) is 24.0 Å². The van der Waals surface area contributed by atoms with Gasteiger partial charge in [0.2, 0.25) is 5.91 Å². The number of aryl methyl sites for hydroxylation is 1. The number of carbonyl (C=O) groups excluding carboxylic acids is 1. The first kappa shape index (κ1) is 15.8. The number of rotatable bonds is 4. The molecule has 1 aliphatic heterocycles. The van der Waals surface area contributed by atoms with Crippen molar-refractivity contribution in [2.75, 3.05) is 24.7 Å². The number of hydrogen-bond acceptors (Lipinski definition) is 4. The van der Waals surface area contributed by atoms with Crippen LogP contribution in [0.5, 0.6) is 0 Å². The Kier molecular flexibility index (Phi) is 4.85. The quantitative estimate of drug-likeness (QED) is 0.833. The van der Waals surface area contributed by atoms with Crippen LogP contribution in [0, 0.1) is 6.92 Å². The molecule has 0 bridgehead atoms. The molecule has 1 aliphatic rings. The Labute approximate surface area is 126 Å². The minimum absolute atomic E-state index is 0.00975. The van der Waals surface area contributed by atoms with Gasteiger partial charge in [-0.3, -0.25) is 9.69 Å². The summed E-state index contributed by atoms with van der Waals surface area (Å²) >= 11 is 0. The van der Waals surface area contributed by atoms with Crippen molar-refractivity contribution in [1.29, 1.82) is 0 Å². The molecule has 0 aliphatic carbocycles. The van der Waals surface area contributed by atoms with Crippen molar-refractivity contribution < 1.29 is 9.53 Å². The second-order valence-corrected chi connectivity index (χ2v) is 5.84. The number of nitrogens with one attached hydrogen (secondary N) is 1. The van der Waals surface area contributed by atoms with E-state index in [1.165, 1.54) is 0 Å². The number of carbonyl (C=O) groups is 1. The average Bonchev–Trinajstić information content (AvgIpc) is 2.86. The first-order valence-corrected chi connectivity index (χ1v) is 7.40. The van der Waals surface area contributed by atoms with Crippen molar-refractivity contribution in [2.45, 2.75) is 45.4 Å². The second-order valence-electron chi connectivity index (χ2n) is 5.84. The number of amides is 1. The van der Waals surface area contributed by atoms with E-state index < -0.39 is 0 Å². The van der Waals surface area contributed by atoms with E-state index >= 15 is 0 Å². The maximum Gasteiger partial charge on any atom is 0.241 e. The van der Waals surface area contributed by atoms with Gasteiger partial charge in [0.05, 0.1) is 12.1 Å². The van der Waals surface area contributed by atoms with Crippen LogP contribution in [0.2, 0.25) is 0 Å². The van der Waals surface area contributed by atoms with Gasteiger partial charge in [-0.25, -0.2) is 0 Å². The standard InChI is InChI=1S/C16H25N3O2/c1-10-9-13(17)5-6-14(10)18-16(20)11(2)19(4)15-7-8-21-12(15)3/h5-6,9,11-12,15H,7-8,17H2,1-4H3,(H,18,20). The van der Waals surface area contributed by atoms with Crippen molar-refractivity contribution in [3.63, 3.8) is 0 Å². The first-order valence-electron chi connectivity index (χ1n) is 7.40. The molecule has 5 nitrogen and oxygen atoms in total. The number of ether oxygens (including phenoxy) is 1. The molecular weight excluding hydrogens is 266 g/mol. The maximum absolute atomic E-state index is 12.4. The van der Waals surface area contributed by atoms with Gasteiger partial charge in [0.25, 0.3) is 0 Å². The fourth-order valence-corrected chi connectivity index (χ4v) is 2.79. The summed E-state index contributed by atoms with van der Waals surface area (Å²) in [5.74, 6) is -0.00975. The molecule has 5 heteroatoms. The van der Waals surface area contributed by atoms with Gasteiger partial charge < -0.3 is 15.8 Å². The van der Waals surface area contributed by atoms with Gasteiger partial charge in [0.1, 0.15) is 0 Å². The molecule has 3 atom stereocenters. The molecule has 0 saturated carbocycles. The van der Waals surface area contributed by atoms with E-state index in [4.69, 9.17) is 10.5 Å². The van der Waals surface area contributed by atoms with E-state index in [9.17, 15) is 4.79 Å². The normalized spacial score (nSPS) is 23.3. The van der Waals surface area contributed by atoms with Crippen molar-refractivity contribution >= 4 is 17.3 Å². The number of nitrogens with two attached hydrogens (primary N) is 1. The van der Waals surface area contributed by atoms with Crippen LogP contribution in [0.4, 0.5) is 11.4 Å². The highest BCUT2D eigenvalue weighted by Crippen LogP contribution is 2.22. The van der Waals surface area contributed by atoms with Crippen molar-refractivity contribution in [3.8, 4) is 0 Å². The topological polar surface area (TPSA) is 67.6 Å². The fourth-order valence-electron chi connectivity index (χ4n) is 2.79. The molecule has 0 aromatic heterocycles. The number of nitrogens with zero attached hydrogens (tertiary/aromatic N) is 1. The molecule has 2 rings (SSSR count). The number of nitrogen functional groups attached to an aromatic ring is 1. The van der Waals surface area contributed by atoms with Crippen molar-refractivity contribution in [2.24, 2.45) is 0 Å². The maximum atomic E-state index is 12.4. The summed E-state index contributed by atoms with van der Waals surface area (Å²) in [6, 6.07) is 5.58. The van der Waals surface area contributed by atoms with Crippen LogP contribution in [0.3, 0.4) is 0 Å². The van der Waals surface area contributed by atoms with Crippen LogP contribution < -0.4 is 11.1 Å². The summed E-state index contributed by atoms with van der Waals surface area (Å²) in [6.45, 7) is 6.69. The van der Waals surface area contributed by atoms with Gasteiger partial charge in [-0.2, -0.15) is 0 Å². The zero-order chi connectivity index (χ0) is 15.6. The largest absolute Gasteiger partial charge is 0.399 e. The van der Waals surface area contributed by atoms with Crippen molar-refractivity contribution in [3.05, 3.63) is 23.8 Å². The number of anilines is 2. The lowest BCUT2D eigenvalue weighted by atomic mass is 10.1. The Balaban J connectivity index is 2.02. The molecule has 3 N–H and O–H groups in total. The lowest BCUT2D eigenvalue weighted by molar-refractivity contribution is -0.121. The molecule has 1 aromatic rings. The highest BCUT2D eigenvalue weighted by molar-refractivity contribution is 5.95. The molecule has 1 aromatic carbocycles. The highest BCUT2D eigenvalue weighted by Gasteiger charge is 2.32. The number of likely N-dealkylation sites (N-methyl/N-ethyl adjacent to an activating group) is 1. The minimum Gasteiger partial charge on any atom is -0.399 e. The van der Waals surface area contributed by atoms with Crippen LogP contribution in [0.15, 0.2) is 18.2 Å². The molecule has 1 saturated heterocycles. The second kappa shape index (κ2) is 6.45. The Morgan fingerprint density at radius 3 is 2.81 bits per heavy atom. The minimum atomic E-state index is -0.212. The lowest BCUT2D eigenvalue weighted by Crippen LogP contribution is -2.47. The number of benzene rings is 1. The molecular formula is C16H25N3O2. The van der Waals surface area contributed by atoms with E-state index in [0.29, 0.717) is 11.7 Å². The predicted molar refractivity (Wildman–Crippen MR) is 85.3 cm³/mol. The van der Waals surface area contributed by atoms with Gasteiger partial charge >= 0.3 is 0 Å². The number of hydrogen-bond donors (Lipinski definition) is 2. The Morgan fingerprint density at radius 2 is 2.24 bits per heavy atom. The molecule has 1 heterocycles. The summed E-state index contributed by atoms with van der Waals surface area (Å²) < 4.78 is 5.58. The lowest BCUT2D eigenvalue weighted by Gasteiger charge is -2.31. The fraction of sp³-hybridized carbons (Fsp3) is 0.562. The molecule has 0 spiro atoms. The van der Waals surface area contributed by atoms with Crippen molar-refractivity contribution in [1.82, 2.24) is 4.90 Å². The van der Waals surface area contributed by atoms with Gasteiger partial charge in [-0.05, 0) is 58.0 Å². The smallest absolute Gasteiger partial charge is 0.241 e. The van der Waals surface area contributed by atoms with Crippen LogP contribution in [0.25, 0.3) is 0 Å². The van der Waals surface area contributed by atoms with E-state index in [-0.39, 0.29) is 18.1 Å². The van der Waals surface area contributed by atoms with Crippen LogP contribution in [-0.2, 0) is 9.53 Å². The molecule has 116 valence electrons. The summed E-state index contributed by atoms with van der Waals surface area (Å²) in [5.41, 5.74) is 8.21. The third kappa shape index (κ3) is 3.54. The van der Waals surface area contributed by atoms with E-state index in [1.54, 1.807) is 6.07 Å². The van der Waals surface area contributed by atoms with Crippen LogP contribution in [0.1, 0.15) is 25.8 Å². The summed E-state index contributed by atoms with van der Waals surface area (Å²) in [6.07, 6.45) is 1.14. The third-order valence-electron chi connectivity index (χ3n) is 4.36. The highest BCUT2D eigenvalue weighted by atomic mass is 16.5. The Hall–Kier alpha value is -1.59. The Morgan fingerprint density at radius 1 is 1.52 bits per heavy atom. The van der Waals surface area contributed by atoms with E-state index in [0.717, 1.165) is 24.3 Å². The van der Waals surface area contributed by atoms with Gasteiger partial charge in [0.15, 0.2) is 0 Å². The molecule has 21 heavy (non-hydrogen) atoms. The first-order chi connectivity index (χ1) is 9.90. The average molecular weight is 291 g/mol. The summed E-state index contributed by atoms with van der Waals surface area (Å²) in [5, 5.41) is 2.98. The van der Waals surface area contributed by atoms with Crippen LogP contribution >= 0.6 is 0 Å². The monoisotopic (exact) mass is 291 g/mol. The summed E-state index contributed by atoms with van der Waals surface area (Å²) in [4.78, 5) is 14.5. The van der Waals surface area contributed by atoms with Crippen LogP contribution in [-0.4, -0.2) is 42.6 Å². The van der Waals surface area contributed by atoms with Gasteiger partial charge in [-0.15, -0.1) is 0 Å². The van der Waals surface area contributed by atoms with E-state index in [2.05, 4.69) is 17.1 Å². The van der Waals surface area contributed by atoms with E-state index in [1.807, 2.05) is 33.0 Å². The zero-order valence-corrected chi connectivity index (χ0v) is 13.2. The Bertz CT molecular complexity index is 518. The SMILES string of the molecule is Cc1cc(N)ccc1NC(=O)C(C)N(C)C1CCOC1C. The molecule has 1 amide bonds. The van der Waals surface area contributed by atoms with Gasteiger partial charge in [-0.1, -0.05) is 0 Å². The molecule has 0 radical (unpaired) electrons. The molecule has 1 fully saturated rings. The molecule has 3 unspecified atom stereocenters. The third-order valence-corrected chi connectivity index (χ3v) is 4.36. The predicted octanol–water partition coefficient (Wildman–Crippen LogP) is 2.01. The summed E-state index contributed by atoms with van der Waals surface area (Å²) in [7, 11) is 1.98.